The van der Waals surface area contributed by atoms with Gasteiger partial charge in [0.15, 0.2) is 9.84 Å². The predicted octanol–water partition coefficient (Wildman–Crippen LogP) is -0.00630. The predicted molar refractivity (Wildman–Crippen MR) is 78.0 cm³/mol. The summed E-state index contributed by atoms with van der Waals surface area (Å²) in [6, 6.07) is 1.36. The Bertz CT molecular complexity index is 641. The van der Waals surface area contributed by atoms with E-state index in [0.29, 0.717) is 6.42 Å². The zero-order valence-electron chi connectivity index (χ0n) is 11.7. The first-order valence-electron chi connectivity index (χ1n) is 7.12. The third-order valence-electron chi connectivity index (χ3n) is 3.88. The van der Waals surface area contributed by atoms with Gasteiger partial charge in [-0.25, -0.2) is 18.4 Å². The summed E-state index contributed by atoms with van der Waals surface area (Å²) in [4.78, 5) is 22.5. The molecule has 0 aromatic carbocycles. The van der Waals surface area contributed by atoms with Gasteiger partial charge in [-0.2, -0.15) is 0 Å². The van der Waals surface area contributed by atoms with E-state index in [4.69, 9.17) is 0 Å². The third-order valence-corrected chi connectivity index (χ3v) is 5.65. The largest absolute Gasteiger partial charge is 0.357 e. The Morgan fingerprint density at radius 1 is 1.29 bits per heavy atom. The SMILES string of the molecule is O=C(N[C@@H]1CCS(=O)(=O)C1)c1cc(N2CCCC2)ncn1. The van der Waals surface area contributed by atoms with Crippen molar-refractivity contribution in [3.8, 4) is 0 Å². The van der Waals surface area contributed by atoms with Crippen LogP contribution in [-0.2, 0) is 9.84 Å². The first-order valence-corrected chi connectivity index (χ1v) is 8.94. The van der Waals surface area contributed by atoms with Crippen molar-refractivity contribution >= 4 is 21.6 Å². The van der Waals surface area contributed by atoms with Crippen molar-refractivity contribution in [2.24, 2.45) is 0 Å². The molecule has 0 aliphatic carbocycles. The molecule has 1 aromatic heterocycles. The lowest BCUT2D eigenvalue weighted by molar-refractivity contribution is 0.0936. The van der Waals surface area contributed by atoms with Crippen LogP contribution in [0.2, 0.25) is 0 Å². The lowest BCUT2D eigenvalue weighted by Gasteiger charge is -2.16. The van der Waals surface area contributed by atoms with Gasteiger partial charge in [-0.3, -0.25) is 4.79 Å². The van der Waals surface area contributed by atoms with Crippen LogP contribution in [0.1, 0.15) is 29.8 Å². The van der Waals surface area contributed by atoms with Crippen LogP contribution in [0.3, 0.4) is 0 Å². The van der Waals surface area contributed by atoms with Gasteiger partial charge < -0.3 is 10.2 Å². The summed E-state index contributed by atoms with van der Waals surface area (Å²) >= 11 is 0. The number of hydrogen-bond acceptors (Lipinski definition) is 6. The number of sulfone groups is 1. The Kier molecular flexibility index (Phi) is 3.79. The molecule has 8 heteroatoms. The topological polar surface area (TPSA) is 92.3 Å². The van der Waals surface area contributed by atoms with Crippen LogP contribution in [0, 0.1) is 0 Å². The van der Waals surface area contributed by atoms with Gasteiger partial charge in [0.2, 0.25) is 0 Å². The highest BCUT2D eigenvalue weighted by molar-refractivity contribution is 7.91. The lowest BCUT2D eigenvalue weighted by Crippen LogP contribution is -2.36. The highest BCUT2D eigenvalue weighted by atomic mass is 32.2. The molecule has 1 aromatic rings. The smallest absolute Gasteiger partial charge is 0.270 e. The molecule has 21 heavy (non-hydrogen) atoms. The highest BCUT2D eigenvalue weighted by Crippen LogP contribution is 2.18. The summed E-state index contributed by atoms with van der Waals surface area (Å²) in [5.74, 6) is 0.579. The fourth-order valence-corrected chi connectivity index (χ4v) is 4.43. The molecule has 2 saturated heterocycles. The minimum absolute atomic E-state index is 0.0167. The van der Waals surface area contributed by atoms with Crippen molar-refractivity contribution in [3.63, 3.8) is 0 Å². The van der Waals surface area contributed by atoms with E-state index in [0.717, 1.165) is 31.7 Å². The Morgan fingerprint density at radius 3 is 2.71 bits per heavy atom. The van der Waals surface area contributed by atoms with E-state index in [1.54, 1.807) is 6.07 Å². The molecule has 0 unspecified atom stereocenters. The Balaban J connectivity index is 1.68. The molecule has 2 aliphatic rings. The monoisotopic (exact) mass is 310 g/mol. The Hall–Kier alpha value is -1.70. The second-order valence-corrected chi connectivity index (χ2v) is 7.76. The van der Waals surface area contributed by atoms with E-state index < -0.39 is 9.84 Å². The van der Waals surface area contributed by atoms with E-state index in [1.165, 1.54) is 6.33 Å². The van der Waals surface area contributed by atoms with E-state index in [-0.39, 0.29) is 29.1 Å². The van der Waals surface area contributed by atoms with Crippen LogP contribution in [0.4, 0.5) is 5.82 Å². The van der Waals surface area contributed by atoms with Gasteiger partial charge in [-0.15, -0.1) is 0 Å². The van der Waals surface area contributed by atoms with E-state index in [9.17, 15) is 13.2 Å². The fourth-order valence-electron chi connectivity index (χ4n) is 2.76. The van der Waals surface area contributed by atoms with Crippen LogP contribution in [-0.4, -0.2) is 54.9 Å². The van der Waals surface area contributed by atoms with Crippen molar-refractivity contribution < 1.29 is 13.2 Å². The van der Waals surface area contributed by atoms with Gasteiger partial charge >= 0.3 is 0 Å². The summed E-state index contributed by atoms with van der Waals surface area (Å²) in [5.41, 5.74) is 0.288. The molecule has 0 radical (unpaired) electrons. The van der Waals surface area contributed by atoms with E-state index in [1.807, 2.05) is 0 Å². The number of aromatic nitrogens is 2. The number of hydrogen-bond donors (Lipinski definition) is 1. The Labute approximate surface area is 123 Å². The summed E-state index contributed by atoms with van der Waals surface area (Å²) in [7, 11) is -3.00. The number of rotatable bonds is 3. The molecule has 3 heterocycles. The average molecular weight is 310 g/mol. The standard InChI is InChI=1S/C13H18N4O3S/c18-13(16-10-3-6-21(19,20)8-10)11-7-12(15-9-14-11)17-4-1-2-5-17/h7,9-10H,1-6,8H2,(H,16,18)/t10-/m1/s1. The molecule has 2 fully saturated rings. The molecule has 114 valence electrons. The van der Waals surface area contributed by atoms with Crippen molar-refractivity contribution in [1.29, 1.82) is 0 Å². The number of amides is 1. The summed E-state index contributed by atoms with van der Waals surface area (Å²) in [6.07, 6.45) is 4.11. The number of nitrogens with one attached hydrogen (secondary N) is 1. The van der Waals surface area contributed by atoms with Gasteiger partial charge in [-0.1, -0.05) is 0 Å². The number of nitrogens with zero attached hydrogens (tertiary/aromatic N) is 3. The number of anilines is 1. The molecular weight excluding hydrogens is 292 g/mol. The van der Waals surface area contributed by atoms with Crippen LogP contribution in [0.15, 0.2) is 12.4 Å². The molecule has 1 atom stereocenters. The molecule has 2 aliphatic heterocycles. The minimum Gasteiger partial charge on any atom is -0.357 e. The normalized spacial score (nSPS) is 24.2. The van der Waals surface area contributed by atoms with Gasteiger partial charge in [-0.05, 0) is 19.3 Å². The average Bonchev–Trinajstić information content (AvgIpc) is 3.09. The molecule has 0 bridgehead atoms. The maximum atomic E-state index is 12.2. The van der Waals surface area contributed by atoms with Crippen molar-refractivity contribution in [2.45, 2.75) is 25.3 Å². The second kappa shape index (κ2) is 5.59. The third kappa shape index (κ3) is 3.31. The van der Waals surface area contributed by atoms with Crippen molar-refractivity contribution in [3.05, 3.63) is 18.1 Å². The van der Waals surface area contributed by atoms with Crippen LogP contribution >= 0.6 is 0 Å². The van der Waals surface area contributed by atoms with Crippen LogP contribution in [0.5, 0.6) is 0 Å². The molecule has 1 N–H and O–H groups in total. The molecule has 1 amide bonds. The molecule has 0 spiro atoms. The fraction of sp³-hybridized carbons (Fsp3) is 0.615. The minimum atomic E-state index is -3.00. The lowest BCUT2D eigenvalue weighted by atomic mass is 10.2. The maximum Gasteiger partial charge on any atom is 0.270 e. The summed E-state index contributed by atoms with van der Waals surface area (Å²) < 4.78 is 22.8. The maximum absolute atomic E-state index is 12.2. The zero-order chi connectivity index (χ0) is 14.9. The number of carbonyl (C=O) groups excluding carboxylic acids is 1. The Morgan fingerprint density at radius 2 is 2.05 bits per heavy atom. The van der Waals surface area contributed by atoms with E-state index >= 15 is 0 Å². The van der Waals surface area contributed by atoms with E-state index in [2.05, 4.69) is 20.2 Å². The quantitative estimate of drug-likeness (QED) is 0.844. The zero-order valence-corrected chi connectivity index (χ0v) is 12.5. The van der Waals surface area contributed by atoms with Gasteiger partial charge in [0.1, 0.15) is 17.8 Å². The van der Waals surface area contributed by atoms with Crippen LogP contribution in [0.25, 0.3) is 0 Å². The molecule has 3 rings (SSSR count). The summed E-state index contributed by atoms with van der Waals surface area (Å²) in [6.45, 7) is 1.89. The second-order valence-electron chi connectivity index (χ2n) is 5.53. The van der Waals surface area contributed by atoms with Crippen molar-refractivity contribution in [1.82, 2.24) is 15.3 Å². The first-order chi connectivity index (χ1) is 10.0. The molecular formula is C13H18N4O3S. The van der Waals surface area contributed by atoms with Crippen molar-refractivity contribution in [2.75, 3.05) is 29.5 Å². The first kappa shape index (κ1) is 14.2. The van der Waals surface area contributed by atoms with Gasteiger partial charge in [0, 0.05) is 25.2 Å². The summed E-state index contributed by atoms with van der Waals surface area (Å²) in [5, 5.41) is 2.74. The van der Waals surface area contributed by atoms with Crippen LogP contribution < -0.4 is 10.2 Å². The molecule has 7 nitrogen and oxygen atoms in total. The van der Waals surface area contributed by atoms with Gasteiger partial charge in [0.25, 0.3) is 5.91 Å². The van der Waals surface area contributed by atoms with Gasteiger partial charge in [0.05, 0.1) is 11.5 Å². The molecule has 0 saturated carbocycles. The highest BCUT2D eigenvalue weighted by Gasteiger charge is 2.29. The number of carbonyl (C=O) groups is 1.